The van der Waals surface area contributed by atoms with Crippen molar-refractivity contribution < 1.29 is 8.42 Å². The number of fused-ring (bicyclic) bond motifs is 1. The van der Waals surface area contributed by atoms with Gasteiger partial charge < -0.3 is 15.6 Å². The Morgan fingerprint density at radius 2 is 1.82 bits per heavy atom. The molecule has 0 spiro atoms. The van der Waals surface area contributed by atoms with E-state index in [0.717, 1.165) is 39.4 Å². The van der Waals surface area contributed by atoms with Crippen molar-refractivity contribution >= 4 is 38.5 Å². The zero-order valence-corrected chi connectivity index (χ0v) is 19.2. The maximum absolute atomic E-state index is 12.2. The molecule has 0 bridgehead atoms. The highest BCUT2D eigenvalue weighted by molar-refractivity contribution is 7.90. The molecule has 0 aliphatic heterocycles. The maximum atomic E-state index is 12.2. The molecule has 0 atom stereocenters. The van der Waals surface area contributed by atoms with Crippen LogP contribution in [0, 0.1) is 13.8 Å². The van der Waals surface area contributed by atoms with Crippen LogP contribution >= 0.6 is 0 Å². The molecule has 0 unspecified atom stereocenters. The van der Waals surface area contributed by atoms with Crippen LogP contribution in [0.4, 0.5) is 17.5 Å². The third-order valence-electron chi connectivity index (χ3n) is 5.54. The molecule has 170 valence electrons. The summed E-state index contributed by atoms with van der Waals surface area (Å²) in [5, 5.41) is 6.12. The van der Waals surface area contributed by atoms with Crippen molar-refractivity contribution in [2.24, 2.45) is 0 Å². The molecule has 10 heteroatoms. The summed E-state index contributed by atoms with van der Waals surface area (Å²) in [6, 6.07) is 15.6. The number of rotatable bonds is 8. The molecular formula is C23H25N7O2S. The molecule has 5 rings (SSSR count). The zero-order chi connectivity index (χ0) is 23.0. The Morgan fingerprint density at radius 1 is 1.03 bits per heavy atom. The molecule has 0 amide bonds. The second-order valence-electron chi connectivity index (χ2n) is 8.16. The van der Waals surface area contributed by atoms with Crippen LogP contribution in [0.3, 0.4) is 0 Å². The van der Waals surface area contributed by atoms with E-state index in [0.29, 0.717) is 24.6 Å². The second kappa shape index (κ2) is 8.45. The lowest BCUT2D eigenvalue weighted by atomic mass is 10.1. The van der Waals surface area contributed by atoms with Gasteiger partial charge in [0.2, 0.25) is 16.0 Å². The number of hydrogen-bond donors (Lipinski definition) is 4. The fraction of sp³-hybridized carbons (Fsp3) is 0.261. The number of anilines is 3. The Labute approximate surface area is 192 Å². The number of nitrogens with one attached hydrogen (secondary N) is 4. The Morgan fingerprint density at radius 3 is 2.58 bits per heavy atom. The second-order valence-corrected chi connectivity index (χ2v) is 10.2. The number of aromatic nitrogens is 4. The summed E-state index contributed by atoms with van der Waals surface area (Å²) < 4.78 is 27.0. The Kier molecular flexibility index (Phi) is 5.47. The summed E-state index contributed by atoms with van der Waals surface area (Å²) in [6.07, 6.45) is 1.43. The van der Waals surface area contributed by atoms with Crippen molar-refractivity contribution in [3.05, 3.63) is 59.9 Å². The average Bonchev–Trinajstić information content (AvgIpc) is 3.59. The summed E-state index contributed by atoms with van der Waals surface area (Å²) in [7, 11) is -3.29. The minimum absolute atomic E-state index is 0.0593. The Hall–Kier alpha value is -3.50. The van der Waals surface area contributed by atoms with E-state index < -0.39 is 10.0 Å². The van der Waals surface area contributed by atoms with Crippen molar-refractivity contribution in [3.63, 3.8) is 0 Å². The molecule has 4 N–H and O–H groups in total. The number of sulfonamides is 1. The van der Waals surface area contributed by atoms with Gasteiger partial charge in [0.05, 0.1) is 28.6 Å². The van der Waals surface area contributed by atoms with Crippen LogP contribution in [0.2, 0.25) is 0 Å². The molecule has 2 aromatic heterocycles. The van der Waals surface area contributed by atoms with Crippen molar-refractivity contribution in [2.45, 2.75) is 31.9 Å². The van der Waals surface area contributed by atoms with E-state index in [1.165, 1.54) is 0 Å². The Balaban J connectivity index is 1.45. The summed E-state index contributed by atoms with van der Waals surface area (Å²) in [5.74, 6) is 1.81. The molecule has 1 fully saturated rings. The highest BCUT2D eigenvalue weighted by Crippen LogP contribution is 2.29. The number of benzene rings is 2. The van der Waals surface area contributed by atoms with Crippen LogP contribution in [0.5, 0.6) is 0 Å². The molecule has 1 aliphatic rings. The lowest BCUT2D eigenvalue weighted by Gasteiger charge is -2.15. The summed E-state index contributed by atoms with van der Waals surface area (Å²) in [4.78, 5) is 17.0. The van der Waals surface area contributed by atoms with E-state index in [1.54, 1.807) is 0 Å². The summed E-state index contributed by atoms with van der Waals surface area (Å²) in [5.41, 5.74) is 5.16. The maximum Gasteiger partial charge on any atom is 0.229 e. The van der Waals surface area contributed by atoms with Gasteiger partial charge >= 0.3 is 0 Å². The minimum atomic E-state index is -3.29. The molecule has 4 aromatic rings. The number of aryl methyl sites for hydroxylation is 1. The van der Waals surface area contributed by atoms with E-state index >= 15 is 0 Å². The molecule has 0 saturated heterocycles. The predicted molar refractivity (Wildman–Crippen MR) is 130 cm³/mol. The van der Waals surface area contributed by atoms with E-state index in [1.807, 2.05) is 62.4 Å². The van der Waals surface area contributed by atoms with Crippen LogP contribution in [-0.2, 0) is 10.0 Å². The molecule has 1 saturated carbocycles. The molecule has 2 aromatic carbocycles. The number of hydrogen-bond acceptors (Lipinski definition) is 7. The van der Waals surface area contributed by atoms with E-state index in [4.69, 9.17) is 4.98 Å². The van der Waals surface area contributed by atoms with Crippen molar-refractivity contribution in [2.75, 3.05) is 17.3 Å². The largest absolute Gasteiger partial charge is 0.356 e. The minimum Gasteiger partial charge on any atom is -0.356 e. The van der Waals surface area contributed by atoms with Gasteiger partial charge in [-0.25, -0.2) is 18.4 Å². The molecule has 1 aliphatic carbocycles. The van der Waals surface area contributed by atoms with Gasteiger partial charge in [0.1, 0.15) is 11.6 Å². The van der Waals surface area contributed by atoms with Crippen molar-refractivity contribution in [1.29, 1.82) is 0 Å². The number of imidazole rings is 1. The lowest BCUT2D eigenvalue weighted by molar-refractivity contribution is 0.583. The van der Waals surface area contributed by atoms with Crippen LogP contribution in [0.25, 0.3) is 22.3 Å². The van der Waals surface area contributed by atoms with Gasteiger partial charge in [0, 0.05) is 16.8 Å². The SMILES string of the molecule is Cc1nc2ccc(Nc3nc(NCNS(=O)(=O)C4CC4)c(C)c(-c4ccccc4)n3)cc2[nH]1. The van der Waals surface area contributed by atoms with Crippen LogP contribution in [0.1, 0.15) is 24.2 Å². The first-order valence-corrected chi connectivity index (χ1v) is 12.3. The fourth-order valence-corrected chi connectivity index (χ4v) is 4.95. The van der Waals surface area contributed by atoms with E-state index in [9.17, 15) is 8.42 Å². The molecule has 2 heterocycles. The van der Waals surface area contributed by atoms with Gasteiger partial charge in [0.15, 0.2) is 0 Å². The Bertz CT molecular complexity index is 1410. The summed E-state index contributed by atoms with van der Waals surface area (Å²) in [6.45, 7) is 3.89. The first-order chi connectivity index (χ1) is 15.9. The van der Waals surface area contributed by atoms with Crippen LogP contribution in [0.15, 0.2) is 48.5 Å². The fourth-order valence-electron chi connectivity index (χ4n) is 3.68. The van der Waals surface area contributed by atoms with Gasteiger partial charge in [-0.3, -0.25) is 0 Å². The molecule has 0 radical (unpaired) electrons. The normalized spacial score (nSPS) is 13.9. The first kappa shape index (κ1) is 21.4. The van der Waals surface area contributed by atoms with E-state index in [-0.39, 0.29) is 11.9 Å². The van der Waals surface area contributed by atoms with E-state index in [2.05, 4.69) is 30.3 Å². The van der Waals surface area contributed by atoms with Crippen LogP contribution < -0.4 is 15.4 Å². The van der Waals surface area contributed by atoms with Crippen molar-refractivity contribution in [1.82, 2.24) is 24.7 Å². The topological polar surface area (TPSA) is 125 Å². The predicted octanol–water partition coefficient (Wildman–Crippen LogP) is 3.83. The van der Waals surface area contributed by atoms with Gasteiger partial charge in [-0.05, 0) is 44.9 Å². The quantitative estimate of drug-likeness (QED) is 0.293. The third kappa shape index (κ3) is 4.67. The monoisotopic (exact) mass is 463 g/mol. The van der Waals surface area contributed by atoms with Gasteiger partial charge in [0.25, 0.3) is 0 Å². The highest BCUT2D eigenvalue weighted by Gasteiger charge is 2.35. The van der Waals surface area contributed by atoms with Crippen LogP contribution in [-0.4, -0.2) is 40.3 Å². The third-order valence-corrected chi connectivity index (χ3v) is 7.44. The van der Waals surface area contributed by atoms with Gasteiger partial charge in [-0.15, -0.1) is 0 Å². The van der Waals surface area contributed by atoms with Gasteiger partial charge in [-0.1, -0.05) is 30.3 Å². The number of nitrogens with zero attached hydrogens (tertiary/aromatic N) is 3. The lowest BCUT2D eigenvalue weighted by Crippen LogP contribution is -2.32. The molecule has 33 heavy (non-hydrogen) atoms. The molecular weight excluding hydrogens is 438 g/mol. The smallest absolute Gasteiger partial charge is 0.229 e. The number of H-pyrrole nitrogens is 1. The zero-order valence-electron chi connectivity index (χ0n) is 18.4. The van der Waals surface area contributed by atoms with Gasteiger partial charge in [-0.2, -0.15) is 9.71 Å². The highest BCUT2D eigenvalue weighted by atomic mass is 32.2. The molecule has 9 nitrogen and oxygen atoms in total. The number of aromatic amines is 1. The average molecular weight is 464 g/mol. The standard InChI is InChI=1S/C23H25N7O2S/c1-14-21(16-6-4-3-5-7-16)29-23(28-17-8-11-19-20(12-17)27-15(2)26-19)30-22(14)24-13-25-33(31,32)18-9-10-18/h3-8,11-12,18,25H,9-10,13H2,1-2H3,(H,26,27)(H2,24,28,29,30). The first-order valence-electron chi connectivity index (χ1n) is 10.8. The summed E-state index contributed by atoms with van der Waals surface area (Å²) >= 11 is 0. The van der Waals surface area contributed by atoms with Crippen molar-refractivity contribution in [3.8, 4) is 11.3 Å².